The van der Waals surface area contributed by atoms with E-state index in [1.54, 1.807) is 67.8 Å². The van der Waals surface area contributed by atoms with Gasteiger partial charge in [-0.1, -0.05) is 24.3 Å². The summed E-state index contributed by atoms with van der Waals surface area (Å²) < 4.78 is 5.13. The Kier molecular flexibility index (Phi) is 7.97. The Morgan fingerprint density at radius 2 is 1.44 bits per heavy atom. The molecule has 0 spiro atoms. The molecule has 0 bridgehead atoms. The van der Waals surface area contributed by atoms with E-state index in [2.05, 4.69) is 22.6 Å². The Labute approximate surface area is 210 Å². The fourth-order valence-electron chi connectivity index (χ4n) is 3.96. The van der Waals surface area contributed by atoms with Gasteiger partial charge in [0.1, 0.15) is 5.75 Å². The van der Waals surface area contributed by atoms with Crippen molar-refractivity contribution in [2.45, 2.75) is 6.54 Å². The molecule has 36 heavy (non-hydrogen) atoms. The summed E-state index contributed by atoms with van der Waals surface area (Å²) in [6, 6.07) is 20.9. The smallest absolute Gasteiger partial charge is 0.255 e. The van der Waals surface area contributed by atoms with Crippen molar-refractivity contribution in [3.05, 3.63) is 95.1 Å². The standard InChI is InChI=1S/C28H30N4O4/c1-31-15-17-32(18-16-31)28(35)22-9-7-20(8-10-22)19-29-27(34)24-5-3-4-6-25(24)30-26(33)21-11-13-23(36-2)14-12-21/h3-14H,15-19H2,1-2H3,(H,29,34)(H,30,33). The maximum Gasteiger partial charge on any atom is 0.255 e. The van der Waals surface area contributed by atoms with Crippen LogP contribution in [-0.4, -0.2) is 67.9 Å². The van der Waals surface area contributed by atoms with Crippen molar-refractivity contribution in [3.8, 4) is 5.75 Å². The van der Waals surface area contributed by atoms with Crippen LogP contribution >= 0.6 is 0 Å². The molecule has 3 amide bonds. The molecule has 0 aliphatic carbocycles. The topological polar surface area (TPSA) is 91.0 Å². The number of anilines is 1. The Balaban J connectivity index is 1.35. The van der Waals surface area contributed by atoms with Gasteiger partial charge in [0.25, 0.3) is 17.7 Å². The minimum Gasteiger partial charge on any atom is -0.497 e. The second-order valence-electron chi connectivity index (χ2n) is 8.70. The van der Waals surface area contributed by atoms with Crippen LogP contribution < -0.4 is 15.4 Å². The Morgan fingerprint density at radius 1 is 0.806 bits per heavy atom. The number of benzene rings is 3. The molecular weight excluding hydrogens is 456 g/mol. The summed E-state index contributed by atoms with van der Waals surface area (Å²) in [6.45, 7) is 3.49. The number of rotatable bonds is 7. The zero-order valence-corrected chi connectivity index (χ0v) is 20.5. The minimum atomic E-state index is -0.321. The quantitative estimate of drug-likeness (QED) is 0.535. The summed E-state index contributed by atoms with van der Waals surface area (Å²) in [5, 5.41) is 5.70. The van der Waals surface area contributed by atoms with Crippen molar-refractivity contribution in [2.75, 3.05) is 45.7 Å². The van der Waals surface area contributed by atoms with E-state index in [9.17, 15) is 14.4 Å². The lowest BCUT2D eigenvalue weighted by atomic mass is 10.1. The molecule has 3 aromatic carbocycles. The summed E-state index contributed by atoms with van der Waals surface area (Å²) in [5.74, 6) is 0.0556. The summed E-state index contributed by atoms with van der Waals surface area (Å²) in [4.78, 5) is 42.4. The van der Waals surface area contributed by atoms with Gasteiger partial charge in [-0.2, -0.15) is 0 Å². The van der Waals surface area contributed by atoms with Crippen LogP contribution in [0.25, 0.3) is 0 Å². The first-order valence-corrected chi connectivity index (χ1v) is 11.8. The fourth-order valence-corrected chi connectivity index (χ4v) is 3.96. The highest BCUT2D eigenvalue weighted by Gasteiger charge is 2.20. The highest BCUT2D eigenvalue weighted by Crippen LogP contribution is 2.18. The first kappa shape index (κ1) is 24.9. The molecule has 1 aliphatic rings. The second kappa shape index (κ2) is 11.5. The van der Waals surface area contributed by atoms with Crippen LogP contribution in [0.1, 0.15) is 36.6 Å². The largest absolute Gasteiger partial charge is 0.497 e. The van der Waals surface area contributed by atoms with E-state index in [-0.39, 0.29) is 17.7 Å². The molecule has 1 heterocycles. The second-order valence-corrected chi connectivity index (χ2v) is 8.70. The zero-order chi connectivity index (χ0) is 25.5. The minimum absolute atomic E-state index is 0.0280. The van der Waals surface area contributed by atoms with Gasteiger partial charge in [0.2, 0.25) is 0 Å². The van der Waals surface area contributed by atoms with Crippen molar-refractivity contribution in [3.63, 3.8) is 0 Å². The average molecular weight is 487 g/mol. The first-order valence-electron chi connectivity index (χ1n) is 11.8. The number of hydrogen-bond acceptors (Lipinski definition) is 5. The molecule has 1 saturated heterocycles. The first-order chi connectivity index (χ1) is 17.4. The molecule has 186 valence electrons. The number of carbonyl (C=O) groups is 3. The van der Waals surface area contributed by atoms with Gasteiger partial charge in [0, 0.05) is 43.9 Å². The number of nitrogens with zero attached hydrogens (tertiary/aromatic N) is 2. The van der Waals surface area contributed by atoms with Crippen LogP contribution in [0.15, 0.2) is 72.8 Å². The lowest BCUT2D eigenvalue weighted by molar-refractivity contribution is 0.0663. The van der Waals surface area contributed by atoms with E-state index in [1.807, 2.05) is 17.0 Å². The lowest BCUT2D eigenvalue weighted by Gasteiger charge is -2.32. The number of para-hydroxylation sites is 1. The molecule has 8 nitrogen and oxygen atoms in total. The van der Waals surface area contributed by atoms with Gasteiger partial charge in [-0.3, -0.25) is 14.4 Å². The summed E-state index contributed by atoms with van der Waals surface area (Å²) in [6.07, 6.45) is 0. The van der Waals surface area contributed by atoms with Gasteiger partial charge in [0.05, 0.1) is 18.4 Å². The van der Waals surface area contributed by atoms with Crippen molar-refractivity contribution < 1.29 is 19.1 Å². The SMILES string of the molecule is COc1ccc(C(=O)Nc2ccccc2C(=O)NCc2ccc(C(=O)N3CCN(C)CC3)cc2)cc1. The lowest BCUT2D eigenvalue weighted by Crippen LogP contribution is -2.47. The van der Waals surface area contributed by atoms with Gasteiger partial charge in [-0.25, -0.2) is 0 Å². The van der Waals surface area contributed by atoms with Gasteiger partial charge in [0.15, 0.2) is 0 Å². The molecule has 1 aliphatic heterocycles. The summed E-state index contributed by atoms with van der Waals surface area (Å²) in [7, 11) is 3.62. The molecule has 1 fully saturated rings. The maximum atomic E-state index is 12.9. The van der Waals surface area contributed by atoms with E-state index in [1.165, 1.54) is 0 Å². The summed E-state index contributed by atoms with van der Waals surface area (Å²) in [5.41, 5.74) is 2.75. The molecule has 0 aromatic heterocycles. The number of nitrogens with one attached hydrogen (secondary N) is 2. The summed E-state index contributed by atoms with van der Waals surface area (Å²) >= 11 is 0. The van der Waals surface area contributed by atoms with E-state index >= 15 is 0 Å². The number of likely N-dealkylation sites (N-methyl/N-ethyl adjacent to an activating group) is 1. The van der Waals surface area contributed by atoms with E-state index in [4.69, 9.17) is 4.74 Å². The van der Waals surface area contributed by atoms with Crippen LogP contribution in [0.4, 0.5) is 5.69 Å². The third kappa shape index (κ3) is 6.09. The number of amides is 3. The molecule has 0 saturated carbocycles. The molecule has 0 unspecified atom stereocenters. The number of carbonyl (C=O) groups excluding carboxylic acids is 3. The predicted molar refractivity (Wildman–Crippen MR) is 138 cm³/mol. The van der Waals surface area contributed by atoms with Crippen molar-refractivity contribution in [1.29, 1.82) is 0 Å². The third-order valence-corrected chi connectivity index (χ3v) is 6.22. The van der Waals surface area contributed by atoms with E-state index in [0.29, 0.717) is 34.7 Å². The van der Waals surface area contributed by atoms with Crippen LogP contribution in [0.2, 0.25) is 0 Å². The van der Waals surface area contributed by atoms with Crippen molar-refractivity contribution in [1.82, 2.24) is 15.1 Å². The molecular formula is C28H30N4O4. The van der Waals surface area contributed by atoms with Crippen LogP contribution in [-0.2, 0) is 6.54 Å². The molecule has 0 atom stereocenters. The molecule has 0 radical (unpaired) electrons. The maximum absolute atomic E-state index is 12.9. The van der Waals surface area contributed by atoms with Crippen molar-refractivity contribution in [2.24, 2.45) is 0 Å². The number of piperazine rings is 1. The Hall–Kier alpha value is -4.17. The Morgan fingerprint density at radius 3 is 2.11 bits per heavy atom. The monoisotopic (exact) mass is 486 g/mol. The van der Waals surface area contributed by atoms with E-state index < -0.39 is 0 Å². The highest BCUT2D eigenvalue weighted by atomic mass is 16.5. The molecule has 3 aromatic rings. The van der Waals surface area contributed by atoms with Crippen LogP contribution in [0.5, 0.6) is 5.75 Å². The van der Waals surface area contributed by atoms with Crippen molar-refractivity contribution >= 4 is 23.4 Å². The van der Waals surface area contributed by atoms with Crippen LogP contribution in [0.3, 0.4) is 0 Å². The Bertz CT molecular complexity index is 1220. The van der Waals surface area contributed by atoms with Gasteiger partial charge in [-0.15, -0.1) is 0 Å². The van der Waals surface area contributed by atoms with Crippen LogP contribution in [0, 0.1) is 0 Å². The normalized spacial score (nSPS) is 13.7. The van der Waals surface area contributed by atoms with E-state index in [0.717, 1.165) is 31.7 Å². The van der Waals surface area contributed by atoms with Gasteiger partial charge >= 0.3 is 0 Å². The zero-order valence-electron chi connectivity index (χ0n) is 20.5. The van der Waals surface area contributed by atoms with Gasteiger partial charge < -0.3 is 25.2 Å². The number of hydrogen-bond donors (Lipinski definition) is 2. The fraction of sp³-hybridized carbons (Fsp3) is 0.250. The third-order valence-electron chi connectivity index (χ3n) is 6.22. The molecule has 2 N–H and O–H groups in total. The number of ether oxygens (including phenoxy) is 1. The highest BCUT2D eigenvalue weighted by molar-refractivity contribution is 6.09. The van der Waals surface area contributed by atoms with Gasteiger partial charge in [-0.05, 0) is 61.1 Å². The number of methoxy groups -OCH3 is 1. The average Bonchev–Trinajstić information content (AvgIpc) is 2.92. The predicted octanol–water partition coefficient (Wildman–Crippen LogP) is 3.27. The molecule has 8 heteroatoms. The molecule has 4 rings (SSSR count).